The van der Waals surface area contributed by atoms with Crippen LogP contribution in [0.3, 0.4) is 0 Å². The van der Waals surface area contributed by atoms with Crippen molar-refractivity contribution in [2.75, 3.05) is 26.2 Å². The number of carbonyl (C=O) groups is 1. The molecule has 138 valence electrons. The molecule has 1 saturated heterocycles. The average molecular weight is 363 g/mol. The quantitative estimate of drug-likeness (QED) is 0.846. The van der Waals surface area contributed by atoms with Gasteiger partial charge >= 0.3 is 12.3 Å². The van der Waals surface area contributed by atoms with Gasteiger partial charge in [-0.3, -0.25) is 4.90 Å². The third-order valence-corrected chi connectivity index (χ3v) is 4.45. The Balaban J connectivity index is 1.73. The van der Waals surface area contributed by atoms with Gasteiger partial charge in [0.1, 0.15) is 0 Å². The SMILES string of the molecule is O=C(NC(F)(F)F)N1CCN(C(c2ccccc2)c2ccccc2)CC1. The van der Waals surface area contributed by atoms with Crippen molar-refractivity contribution in [2.24, 2.45) is 0 Å². The molecular formula is C19H20F3N3O. The number of nitrogens with zero attached hydrogens (tertiary/aromatic N) is 2. The third kappa shape index (κ3) is 4.54. The van der Waals surface area contributed by atoms with E-state index < -0.39 is 12.3 Å². The van der Waals surface area contributed by atoms with Crippen LogP contribution in [0.1, 0.15) is 17.2 Å². The van der Waals surface area contributed by atoms with Crippen molar-refractivity contribution in [3.05, 3.63) is 71.8 Å². The summed E-state index contributed by atoms with van der Waals surface area (Å²) in [6.07, 6.45) is -4.70. The van der Waals surface area contributed by atoms with E-state index in [1.165, 1.54) is 4.90 Å². The number of halogens is 3. The Morgan fingerprint density at radius 1 is 0.846 bits per heavy atom. The fraction of sp³-hybridized carbons (Fsp3) is 0.316. The minimum Gasteiger partial charge on any atom is -0.322 e. The summed E-state index contributed by atoms with van der Waals surface area (Å²) in [5, 5.41) is 1.06. The van der Waals surface area contributed by atoms with Crippen molar-refractivity contribution in [3.8, 4) is 0 Å². The van der Waals surface area contributed by atoms with E-state index in [1.807, 2.05) is 60.7 Å². The Labute approximate surface area is 150 Å². The third-order valence-electron chi connectivity index (χ3n) is 4.45. The highest BCUT2D eigenvalue weighted by Crippen LogP contribution is 2.29. The zero-order valence-electron chi connectivity index (χ0n) is 14.1. The number of hydrogen-bond donors (Lipinski definition) is 1. The van der Waals surface area contributed by atoms with Crippen LogP contribution in [-0.4, -0.2) is 48.3 Å². The molecule has 0 bridgehead atoms. The number of amides is 2. The van der Waals surface area contributed by atoms with Gasteiger partial charge in [-0.05, 0) is 11.1 Å². The first kappa shape index (κ1) is 18.3. The second-order valence-electron chi connectivity index (χ2n) is 6.17. The lowest BCUT2D eigenvalue weighted by Crippen LogP contribution is -2.54. The van der Waals surface area contributed by atoms with Crippen LogP contribution in [0, 0.1) is 0 Å². The molecule has 1 fully saturated rings. The fourth-order valence-electron chi connectivity index (χ4n) is 3.27. The van der Waals surface area contributed by atoms with E-state index in [0.717, 1.165) is 16.4 Å². The van der Waals surface area contributed by atoms with Gasteiger partial charge in [0.25, 0.3) is 0 Å². The van der Waals surface area contributed by atoms with Gasteiger partial charge in [0.2, 0.25) is 0 Å². The number of alkyl halides is 3. The molecule has 0 atom stereocenters. The number of rotatable bonds is 3. The van der Waals surface area contributed by atoms with Gasteiger partial charge in [0.15, 0.2) is 0 Å². The summed E-state index contributed by atoms with van der Waals surface area (Å²) in [5.41, 5.74) is 2.23. The summed E-state index contributed by atoms with van der Waals surface area (Å²) in [6, 6.07) is 18.9. The van der Waals surface area contributed by atoms with Crippen molar-refractivity contribution in [3.63, 3.8) is 0 Å². The zero-order valence-corrected chi connectivity index (χ0v) is 14.1. The highest BCUT2D eigenvalue weighted by Gasteiger charge is 2.34. The van der Waals surface area contributed by atoms with Gasteiger partial charge in [-0.2, -0.15) is 13.2 Å². The molecule has 1 heterocycles. The minimum atomic E-state index is -4.70. The first-order valence-corrected chi connectivity index (χ1v) is 8.42. The summed E-state index contributed by atoms with van der Waals surface area (Å²) in [7, 11) is 0. The molecule has 0 saturated carbocycles. The van der Waals surface area contributed by atoms with Crippen LogP contribution in [-0.2, 0) is 0 Å². The summed E-state index contributed by atoms with van der Waals surface area (Å²) < 4.78 is 37.0. The monoisotopic (exact) mass is 363 g/mol. The van der Waals surface area contributed by atoms with Crippen LogP contribution in [0.15, 0.2) is 60.7 Å². The molecular weight excluding hydrogens is 343 g/mol. The van der Waals surface area contributed by atoms with Crippen LogP contribution < -0.4 is 5.32 Å². The number of urea groups is 1. The highest BCUT2D eigenvalue weighted by molar-refractivity contribution is 5.74. The predicted octanol–water partition coefficient (Wildman–Crippen LogP) is 3.62. The molecule has 0 aromatic heterocycles. The van der Waals surface area contributed by atoms with Gasteiger partial charge in [0.05, 0.1) is 6.04 Å². The van der Waals surface area contributed by atoms with Crippen molar-refractivity contribution < 1.29 is 18.0 Å². The summed E-state index contributed by atoms with van der Waals surface area (Å²) in [6.45, 7) is 1.50. The Bertz CT molecular complexity index is 674. The standard InChI is InChI=1S/C19H20F3N3O/c20-19(21,22)23-18(26)25-13-11-24(12-14-25)17(15-7-3-1-4-8-15)16-9-5-2-6-10-16/h1-10,17H,11-14H2,(H,23,26). The molecule has 3 rings (SSSR count). The zero-order chi connectivity index (χ0) is 18.6. The molecule has 7 heteroatoms. The molecule has 26 heavy (non-hydrogen) atoms. The lowest BCUT2D eigenvalue weighted by atomic mass is 9.96. The molecule has 1 aliphatic rings. The maximum absolute atomic E-state index is 12.3. The number of hydrogen-bond acceptors (Lipinski definition) is 2. The van der Waals surface area contributed by atoms with Gasteiger partial charge in [-0.15, -0.1) is 0 Å². The molecule has 4 nitrogen and oxygen atoms in total. The van der Waals surface area contributed by atoms with Crippen LogP contribution in [0.4, 0.5) is 18.0 Å². The van der Waals surface area contributed by atoms with Gasteiger partial charge < -0.3 is 4.90 Å². The van der Waals surface area contributed by atoms with Gasteiger partial charge in [0, 0.05) is 26.2 Å². The Hall–Kier alpha value is -2.54. The minimum absolute atomic E-state index is 0.00484. The first-order chi connectivity index (χ1) is 12.4. The predicted molar refractivity (Wildman–Crippen MR) is 92.5 cm³/mol. The lowest BCUT2D eigenvalue weighted by molar-refractivity contribution is -0.147. The van der Waals surface area contributed by atoms with Gasteiger partial charge in [-0.25, -0.2) is 10.1 Å². The number of piperazine rings is 1. The van der Waals surface area contributed by atoms with Crippen LogP contribution in [0.5, 0.6) is 0 Å². The van der Waals surface area contributed by atoms with E-state index in [2.05, 4.69) is 4.90 Å². The number of nitrogens with one attached hydrogen (secondary N) is 1. The van der Waals surface area contributed by atoms with Crippen molar-refractivity contribution >= 4 is 6.03 Å². The molecule has 0 radical (unpaired) electrons. The largest absolute Gasteiger partial charge is 0.485 e. The topological polar surface area (TPSA) is 35.6 Å². The van der Waals surface area contributed by atoms with E-state index in [-0.39, 0.29) is 19.1 Å². The summed E-state index contributed by atoms with van der Waals surface area (Å²) in [5.74, 6) is 0. The Morgan fingerprint density at radius 3 is 1.73 bits per heavy atom. The van der Waals surface area contributed by atoms with Gasteiger partial charge in [-0.1, -0.05) is 60.7 Å². The molecule has 1 aliphatic heterocycles. The maximum Gasteiger partial charge on any atom is 0.485 e. The average Bonchev–Trinajstić information content (AvgIpc) is 2.63. The van der Waals surface area contributed by atoms with Crippen molar-refractivity contribution in [2.45, 2.75) is 12.3 Å². The van der Waals surface area contributed by atoms with Crippen LogP contribution in [0.25, 0.3) is 0 Å². The molecule has 2 aromatic carbocycles. The first-order valence-electron chi connectivity index (χ1n) is 8.42. The second-order valence-corrected chi connectivity index (χ2v) is 6.17. The van der Waals surface area contributed by atoms with E-state index >= 15 is 0 Å². The second kappa shape index (κ2) is 7.78. The van der Waals surface area contributed by atoms with E-state index in [4.69, 9.17) is 0 Å². The molecule has 2 aromatic rings. The lowest BCUT2D eigenvalue weighted by Gasteiger charge is -2.39. The van der Waals surface area contributed by atoms with Crippen molar-refractivity contribution in [1.82, 2.24) is 15.1 Å². The van der Waals surface area contributed by atoms with Crippen LogP contribution in [0.2, 0.25) is 0 Å². The van der Waals surface area contributed by atoms with E-state index in [9.17, 15) is 18.0 Å². The Kier molecular flexibility index (Phi) is 5.46. The van der Waals surface area contributed by atoms with E-state index in [0.29, 0.717) is 13.1 Å². The summed E-state index contributed by atoms with van der Waals surface area (Å²) in [4.78, 5) is 15.1. The molecule has 0 unspecified atom stereocenters. The van der Waals surface area contributed by atoms with E-state index in [1.54, 1.807) is 0 Å². The smallest absolute Gasteiger partial charge is 0.322 e. The molecule has 0 spiro atoms. The van der Waals surface area contributed by atoms with Crippen LogP contribution >= 0.6 is 0 Å². The molecule has 0 aliphatic carbocycles. The normalized spacial score (nSPS) is 15.9. The number of benzene rings is 2. The fourth-order valence-corrected chi connectivity index (χ4v) is 3.27. The summed E-state index contributed by atoms with van der Waals surface area (Å²) >= 11 is 0. The molecule has 2 amide bonds. The maximum atomic E-state index is 12.3. The van der Waals surface area contributed by atoms with Crippen molar-refractivity contribution in [1.29, 1.82) is 0 Å². The highest BCUT2D eigenvalue weighted by atomic mass is 19.4. The number of carbonyl (C=O) groups excluding carboxylic acids is 1. The molecule has 1 N–H and O–H groups in total. The Morgan fingerprint density at radius 2 is 1.31 bits per heavy atom.